The molecule has 7 nitrogen and oxygen atoms in total. The molecule has 0 heterocycles. The molecule has 2 amide bonds. The lowest BCUT2D eigenvalue weighted by Gasteiger charge is -2.14. The maximum absolute atomic E-state index is 12.0. The normalized spacial score (nSPS) is 11.4. The number of hydrogen-bond acceptors (Lipinski definition) is 4. The number of halogens is 1. The number of nitro groups is 1. The lowest BCUT2D eigenvalue weighted by molar-refractivity contribution is -0.384. The Kier molecular flexibility index (Phi) is 6.24. The van der Waals surface area contributed by atoms with Crippen LogP contribution in [-0.4, -0.2) is 23.3 Å². The molecule has 0 spiro atoms. The molecule has 8 heteroatoms. The zero-order valence-electron chi connectivity index (χ0n) is 13.4. The Bertz CT molecular complexity index is 793. The van der Waals surface area contributed by atoms with Crippen molar-refractivity contribution in [3.63, 3.8) is 0 Å². The lowest BCUT2D eigenvalue weighted by atomic mass is 10.1. The second-order valence-corrected chi connectivity index (χ2v) is 6.25. The van der Waals surface area contributed by atoms with E-state index in [9.17, 15) is 19.7 Å². The summed E-state index contributed by atoms with van der Waals surface area (Å²) in [5, 5.41) is 16.0. The molecule has 2 N–H and O–H groups in total. The van der Waals surface area contributed by atoms with Crippen molar-refractivity contribution in [2.45, 2.75) is 13.0 Å². The van der Waals surface area contributed by atoms with Crippen molar-refractivity contribution in [1.82, 2.24) is 10.6 Å². The Labute approximate surface area is 152 Å². The average molecular weight is 406 g/mol. The maximum atomic E-state index is 12.0. The molecular formula is C17H16BrN3O4. The van der Waals surface area contributed by atoms with E-state index in [1.165, 1.54) is 18.2 Å². The topological polar surface area (TPSA) is 101 Å². The van der Waals surface area contributed by atoms with Gasteiger partial charge in [-0.15, -0.1) is 0 Å². The van der Waals surface area contributed by atoms with Crippen LogP contribution in [0, 0.1) is 10.1 Å². The predicted octanol–water partition coefficient (Wildman–Crippen LogP) is 2.96. The molecule has 0 radical (unpaired) electrons. The molecule has 0 fully saturated rings. The second kappa shape index (κ2) is 8.39. The fraction of sp³-hybridized carbons (Fsp3) is 0.176. The van der Waals surface area contributed by atoms with Crippen molar-refractivity contribution in [3.8, 4) is 0 Å². The molecule has 130 valence electrons. The van der Waals surface area contributed by atoms with Crippen LogP contribution >= 0.6 is 15.9 Å². The Hall–Kier alpha value is -2.74. The van der Waals surface area contributed by atoms with E-state index in [1.54, 1.807) is 0 Å². The van der Waals surface area contributed by atoms with Crippen LogP contribution in [0.4, 0.5) is 5.69 Å². The number of nitrogens with zero attached hydrogens (tertiary/aromatic N) is 1. The molecule has 2 aromatic carbocycles. The van der Waals surface area contributed by atoms with E-state index in [1.807, 2.05) is 31.2 Å². The SMILES string of the molecule is C[C@@H](NC(=O)CNC(=O)c1cccc([N+](=O)[O-])c1)c1ccc(Br)cc1. The van der Waals surface area contributed by atoms with Gasteiger partial charge in [0.1, 0.15) is 0 Å². The van der Waals surface area contributed by atoms with Crippen molar-refractivity contribution in [2.75, 3.05) is 6.54 Å². The number of rotatable bonds is 6. The Morgan fingerprint density at radius 1 is 1.20 bits per heavy atom. The highest BCUT2D eigenvalue weighted by molar-refractivity contribution is 9.10. The third kappa shape index (κ3) is 5.39. The first-order chi connectivity index (χ1) is 11.9. The van der Waals surface area contributed by atoms with E-state index in [0.717, 1.165) is 16.1 Å². The molecule has 1 atom stereocenters. The summed E-state index contributed by atoms with van der Waals surface area (Å²) < 4.78 is 0.944. The van der Waals surface area contributed by atoms with Gasteiger partial charge in [-0.1, -0.05) is 34.1 Å². The van der Waals surface area contributed by atoms with Crippen molar-refractivity contribution < 1.29 is 14.5 Å². The summed E-state index contributed by atoms with van der Waals surface area (Å²) in [5.74, 6) is -0.899. The number of carbonyl (C=O) groups excluding carboxylic acids is 2. The molecule has 0 aromatic heterocycles. The zero-order chi connectivity index (χ0) is 18.4. The first-order valence-electron chi connectivity index (χ1n) is 7.44. The third-order valence-corrected chi connectivity index (χ3v) is 4.00. The molecular weight excluding hydrogens is 390 g/mol. The first-order valence-corrected chi connectivity index (χ1v) is 8.23. The minimum absolute atomic E-state index is 0.128. The highest BCUT2D eigenvalue weighted by atomic mass is 79.9. The third-order valence-electron chi connectivity index (χ3n) is 3.48. The molecule has 0 aliphatic heterocycles. The molecule has 25 heavy (non-hydrogen) atoms. The van der Waals surface area contributed by atoms with E-state index in [0.29, 0.717) is 0 Å². The van der Waals surface area contributed by atoms with Crippen LogP contribution in [0.5, 0.6) is 0 Å². The smallest absolute Gasteiger partial charge is 0.270 e. The van der Waals surface area contributed by atoms with E-state index < -0.39 is 10.8 Å². The molecule has 0 saturated heterocycles. The summed E-state index contributed by atoms with van der Waals surface area (Å²) in [6.45, 7) is 1.62. The summed E-state index contributed by atoms with van der Waals surface area (Å²) in [5.41, 5.74) is 0.880. The minimum atomic E-state index is -0.580. The minimum Gasteiger partial charge on any atom is -0.348 e. The van der Waals surface area contributed by atoms with Gasteiger partial charge in [-0.2, -0.15) is 0 Å². The second-order valence-electron chi connectivity index (χ2n) is 5.33. The van der Waals surface area contributed by atoms with Gasteiger partial charge in [0.25, 0.3) is 11.6 Å². The molecule has 2 rings (SSSR count). The van der Waals surface area contributed by atoms with E-state index in [2.05, 4.69) is 26.6 Å². The van der Waals surface area contributed by atoms with Crippen LogP contribution in [0.15, 0.2) is 53.0 Å². The number of nitrogens with one attached hydrogen (secondary N) is 2. The van der Waals surface area contributed by atoms with E-state index >= 15 is 0 Å². The average Bonchev–Trinajstić information content (AvgIpc) is 2.60. The predicted molar refractivity (Wildman–Crippen MR) is 96.1 cm³/mol. The molecule has 0 saturated carbocycles. The van der Waals surface area contributed by atoms with Crippen LogP contribution in [0.2, 0.25) is 0 Å². The quantitative estimate of drug-likeness (QED) is 0.569. The first kappa shape index (κ1) is 18.6. The maximum Gasteiger partial charge on any atom is 0.270 e. The van der Waals surface area contributed by atoms with E-state index in [-0.39, 0.29) is 29.7 Å². The van der Waals surface area contributed by atoms with Gasteiger partial charge in [0.2, 0.25) is 5.91 Å². The van der Waals surface area contributed by atoms with Gasteiger partial charge in [-0.3, -0.25) is 19.7 Å². The van der Waals surface area contributed by atoms with Crippen molar-refractivity contribution >= 4 is 33.4 Å². The highest BCUT2D eigenvalue weighted by Crippen LogP contribution is 2.16. The molecule has 0 bridgehead atoms. The van der Waals surface area contributed by atoms with Gasteiger partial charge in [-0.05, 0) is 30.7 Å². The summed E-state index contributed by atoms with van der Waals surface area (Å²) in [4.78, 5) is 34.1. The van der Waals surface area contributed by atoms with Gasteiger partial charge < -0.3 is 10.6 Å². The van der Waals surface area contributed by atoms with Crippen LogP contribution in [0.1, 0.15) is 28.9 Å². The monoisotopic (exact) mass is 405 g/mol. The molecule has 2 aromatic rings. The number of amides is 2. The fourth-order valence-electron chi connectivity index (χ4n) is 2.15. The molecule has 0 unspecified atom stereocenters. The Morgan fingerprint density at radius 3 is 2.52 bits per heavy atom. The molecule has 0 aliphatic rings. The van der Waals surface area contributed by atoms with Crippen LogP contribution < -0.4 is 10.6 Å². The summed E-state index contributed by atoms with van der Waals surface area (Å²) >= 11 is 3.35. The lowest BCUT2D eigenvalue weighted by Crippen LogP contribution is -2.38. The highest BCUT2D eigenvalue weighted by Gasteiger charge is 2.14. The Balaban J connectivity index is 1.89. The van der Waals surface area contributed by atoms with Gasteiger partial charge in [0, 0.05) is 22.2 Å². The van der Waals surface area contributed by atoms with Crippen molar-refractivity contribution in [3.05, 3.63) is 74.2 Å². The van der Waals surface area contributed by atoms with Gasteiger partial charge in [0.15, 0.2) is 0 Å². The Morgan fingerprint density at radius 2 is 1.88 bits per heavy atom. The number of benzene rings is 2. The fourth-order valence-corrected chi connectivity index (χ4v) is 2.41. The number of non-ortho nitro benzene ring substituents is 1. The van der Waals surface area contributed by atoms with Crippen molar-refractivity contribution in [1.29, 1.82) is 0 Å². The van der Waals surface area contributed by atoms with Crippen LogP contribution in [0.25, 0.3) is 0 Å². The largest absolute Gasteiger partial charge is 0.348 e. The standard InChI is InChI=1S/C17H16BrN3O4/c1-11(12-5-7-14(18)8-6-12)20-16(22)10-19-17(23)13-3-2-4-15(9-13)21(24)25/h2-9,11H,10H2,1H3,(H,19,23)(H,20,22)/t11-/m1/s1. The number of hydrogen-bond donors (Lipinski definition) is 2. The van der Waals surface area contributed by atoms with Gasteiger partial charge in [0.05, 0.1) is 17.5 Å². The summed E-state index contributed by atoms with van der Waals surface area (Å²) in [6, 6.07) is 12.6. The number of nitro benzene ring substituents is 1. The van der Waals surface area contributed by atoms with Crippen LogP contribution in [-0.2, 0) is 4.79 Å². The molecule has 0 aliphatic carbocycles. The summed E-state index contributed by atoms with van der Waals surface area (Å²) in [7, 11) is 0. The van der Waals surface area contributed by atoms with E-state index in [4.69, 9.17) is 0 Å². The van der Waals surface area contributed by atoms with Crippen LogP contribution in [0.3, 0.4) is 0 Å². The summed E-state index contributed by atoms with van der Waals surface area (Å²) in [6.07, 6.45) is 0. The van der Waals surface area contributed by atoms with Gasteiger partial charge >= 0.3 is 0 Å². The number of carbonyl (C=O) groups is 2. The van der Waals surface area contributed by atoms with Gasteiger partial charge in [-0.25, -0.2) is 0 Å². The van der Waals surface area contributed by atoms with Crippen molar-refractivity contribution in [2.24, 2.45) is 0 Å². The zero-order valence-corrected chi connectivity index (χ0v) is 14.9.